The van der Waals surface area contributed by atoms with Crippen LogP contribution in [0.15, 0.2) is 36.4 Å². The lowest BCUT2D eigenvalue weighted by atomic mass is 10.00. The van der Waals surface area contributed by atoms with Crippen LogP contribution >= 0.6 is 0 Å². The van der Waals surface area contributed by atoms with Crippen molar-refractivity contribution in [2.45, 2.75) is 26.3 Å². The van der Waals surface area contributed by atoms with E-state index in [0.29, 0.717) is 5.69 Å². The van der Waals surface area contributed by atoms with E-state index >= 15 is 0 Å². The second kappa shape index (κ2) is 7.04. The molecule has 1 heterocycles. The maximum atomic E-state index is 12.2. The summed E-state index contributed by atoms with van der Waals surface area (Å²) in [5.41, 5.74) is 2.08. The van der Waals surface area contributed by atoms with Gasteiger partial charge in [-0.1, -0.05) is 50.6 Å². The van der Waals surface area contributed by atoms with E-state index in [1.165, 1.54) is 0 Å². The molecule has 0 aliphatic carbocycles. The average molecular weight is 287 g/mol. The molecule has 1 aromatic carbocycles. The number of hydrogen-bond donors (Lipinski definition) is 3. The topological polar surface area (TPSA) is 78.0 Å². The van der Waals surface area contributed by atoms with Gasteiger partial charge in [0.25, 0.3) is 5.91 Å². The first-order valence-corrected chi connectivity index (χ1v) is 7.18. The summed E-state index contributed by atoms with van der Waals surface area (Å²) in [4.78, 5) is 12.2. The number of hydrogen-bond acceptors (Lipinski definition) is 3. The van der Waals surface area contributed by atoms with E-state index in [4.69, 9.17) is 0 Å². The van der Waals surface area contributed by atoms with Crippen LogP contribution in [0.5, 0.6) is 0 Å². The number of benzene rings is 1. The van der Waals surface area contributed by atoms with Gasteiger partial charge in [0, 0.05) is 5.56 Å². The van der Waals surface area contributed by atoms with Gasteiger partial charge in [-0.25, -0.2) is 0 Å². The lowest BCUT2D eigenvalue weighted by Crippen LogP contribution is -2.42. The van der Waals surface area contributed by atoms with Gasteiger partial charge in [-0.15, -0.1) is 0 Å². The number of rotatable bonds is 6. The summed E-state index contributed by atoms with van der Waals surface area (Å²) < 4.78 is 0. The molecule has 5 heteroatoms. The van der Waals surface area contributed by atoms with E-state index in [1.54, 1.807) is 6.07 Å². The van der Waals surface area contributed by atoms with Crippen molar-refractivity contribution in [3.63, 3.8) is 0 Å². The Balaban J connectivity index is 2.09. The molecule has 1 aromatic heterocycles. The highest BCUT2D eigenvalue weighted by molar-refractivity contribution is 5.93. The van der Waals surface area contributed by atoms with Crippen LogP contribution in [0.2, 0.25) is 0 Å². The molecular formula is C16H21N3O2. The maximum Gasteiger partial charge on any atom is 0.269 e. The van der Waals surface area contributed by atoms with E-state index < -0.39 is 0 Å². The summed E-state index contributed by atoms with van der Waals surface area (Å²) >= 11 is 0. The fraction of sp³-hybridized carbons (Fsp3) is 0.375. The lowest BCUT2D eigenvalue weighted by molar-refractivity contribution is 0.0886. The van der Waals surface area contributed by atoms with Gasteiger partial charge in [0.15, 0.2) is 0 Å². The van der Waals surface area contributed by atoms with Crippen molar-refractivity contribution < 1.29 is 9.90 Å². The summed E-state index contributed by atoms with van der Waals surface area (Å²) in [5, 5.41) is 19.1. The summed E-state index contributed by atoms with van der Waals surface area (Å²) in [6, 6.07) is 11.1. The largest absolute Gasteiger partial charge is 0.394 e. The van der Waals surface area contributed by atoms with Crippen LogP contribution in [0.3, 0.4) is 0 Å². The molecule has 1 amide bonds. The van der Waals surface area contributed by atoms with Crippen molar-refractivity contribution >= 4 is 5.91 Å². The average Bonchev–Trinajstić information content (AvgIpc) is 3.02. The van der Waals surface area contributed by atoms with Crippen molar-refractivity contribution in [3.05, 3.63) is 42.1 Å². The molecule has 0 saturated carbocycles. The zero-order valence-electron chi connectivity index (χ0n) is 12.3. The molecule has 0 aliphatic heterocycles. The number of aromatic nitrogens is 2. The SMILES string of the molecule is CC[C@@H](C)[C@H](CO)NC(=O)c1cc(-c2ccccc2)n[nH]1. The van der Waals surface area contributed by atoms with Crippen molar-refractivity contribution in [2.24, 2.45) is 5.92 Å². The van der Waals surface area contributed by atoms with Crippen molar-refractivity contribution in [3.8, 4) is 11.3 Å². The Morgan fingerprint density at radius 2 is 2.10 bits per heavy atom. The molecule has 2 atom stereocenters. The summed E-state index contributed by atoms with van der Waals surface area (Å²) in [6.07, 6.45) is 0.893. The van der Waals surface area contributed by atoms with E-state index in [2.05, 4.69) is 15.5 Å². The number of carbonyl (C=O) groups is 1. The van der Waals surface area contributed by atoms with Crippen LogP contribution in [-0.2, 0) is 0 Å². The minimum Gasteiger partial charge on any atom is -0.394 e. The molecule has 0 radical (unpaired) electrons. The smallest absolute Gasteiger partial charge is 0.269 e. The molecule has 0 fully saturated rings. The molecule has 0 spiro atoms. The highest BCUT2D eigenvalue weighted by atomic mass is 16.3. The molecule has 112 valence electrons. The van der Waals surface area contributed by atoms with E-state index in [1.807, 2.05) is 44.2 Å². The molecule has 3 N–H and O–H groups in total. The highest BCUT2D eigenvalue weighted by Crippen LogP contribution is 2.17. The zero-order chi connectivity index (χ0) is 15.2. The fourth-order valence-corrected chi connectivity index (χ4v) is 2.09. The summed E-state index contributed by atoms with van der Waals surface area (Å²) in [6.45, 7) is 3.97. The van der Waals surface area contributed by atoms with Crippen molar-refractivity contribution in [2.75, 3.05) is 6.61 Å². The number of aromatic amines is 1. The van der Waals surface area contributed by atoms with Gasteiger partial charge >= 0.3 is 0 Å². The van der Waals surface area contributed by atoms with Gasteiger partial charge in [0.1, 0.15) is 5.69 Å². The number of nitrogens with one attached hydrogen (secondary N) is 2. The molecular weight excluding hydrogens is 266 g/mol. The third-order valence-electron chi connectivity index (χ3n) is 3.74. The molecule has 5 nitrogen and oxygen atoms in total. The minimum atomic E-state index is -0.246. The number of amides is 1. The Morgan fingerprint density at radius 1 is 1.38 bits per heavy atom. The van der Waals surface area contributed by atoms with Crippen LogP contribution in [0, 0.1) is 5.92 Å². The normalized spacial score (nSPS) is 13.7. The fourth-order valence-electron chi connectivity index (χ4n) is 2.09. The maximum absolute atomic E-state index is 12.2. The molecule has 0 saturated heterocycles. The van der Waals surface area contributed by atoms with Gasteiger partial charge in [-0.2, -0.15) is 5.10 Å². The molecule has 0 aliphatic rings. The summed E-state index contributed by atoms with van der Waals surface area (Å²) in [5.74, 6) is -0.0282. The number of nitrogens with zero attached hydrogens (tertiary/aromatic N) is 1. The van der Waals surface area contributed by atoms with Gasteiger partial charge in [0.2, 0.25) is 0 Å². The summed E-state index contributed by atoms with van der Waals surface area (Å²) in [7, 11) is 0. The van der Waals surface area contributed by atoms with E-state index in [9.17, 15) is 9.90 Å². The van der Waals surface area contributed by atoms with Gasteiger partial charge in [0.05, 0.1) is 18.3 Å². The minimum absolute atomic E-state index is 0.0690. The Labute approximate surface area is 124 Å². The van der Waals surface area contributed by atoms with Gasteiger partial charge < -0.3 is 10.4 Å². The predicted octanol–water partition coefficient (Wildman–Crippen LogP) is 2.21. The number of carbonyl (C=O) groups excluding carboxylic acids is 1. The molecule has 0 bridgehead atoms. The van der Waals surface area contributed by atoms with Crippen LogP contribution < -0.4 is 5.32 Å². The first kappa shape index (κ1) is 15.3. The number of H-pyrrole nitrogens is 1. The first-order chi connectivity index (χ1) is 10.2. The van der Waals surface area contributed by atoms with Crippen LogP contribution in [0.4, 0.5) is 0 Å². The third kappa shape index (κ3) is 3.70. The van der Waals surface area contributed by atoms with Crippen LogP contribution in [0.1, 0.15) is 30.8 Å². The molecule has 2 rings (SSSR count). The van der Waals surface area contributed by atoms with Gasteiger partial charge in [-0.3, -0.25) is 9.89 Å². The molecule has 21 heavy (non-hydrogen) atoms. The second-order valence-electron chi connectivity index (χ2n) is 5.18. The van der Waals surface area contributed by atoms with E-state index in [-0.39, 0.29) is 24.5 Å². The third-order valence-corrected chi connectivity index (χ3v) is 3.74. The van der Waals surface area contributed by atoms with Gasteiger partial charge in [-0.05, 0) is 12.0 Å². The highest BCUT2D eigenvalue weighted by Gasteiger charge is 2.19. The van der Waals surface area contributed by atoms with Crippen LogP contribution in [0.25, 0.3) is 11.3 Å². The monoisotopic (exact) mass is 287 g/mol. The van der Waals surface area contributed by atoms with Crippen LogP contribution in [-0.4, -0.2) is 33.9 Å². The lowest BCUT2D eigenvalue weighted by Gasteiger charge is -2.21. The van der Waals surface area contributed by atoms with Crippen molar-refractivity contribution in [1.82, 2.24) is 15.5 Å². The second-order valence-corrected chi connectivity index (χ2v) is 5.18. The Hall–Kier alpha value is -2.14. The Morgan fingerprint density at radius 3 is 2.71 bits per heavy atom. The molecule has 2 aromatic rings. The van der Waals surface area contributed by atoms with Crippen molar-refractivity contribution in [1.29, 1.82) is 0 Å². The predicted molar refractivity (Wildman–Crippen MR) is 81.8 cm³/mol. The Bertz CT molecular complexity index is 580. The zero-order valence-corrected chi connectivity index (χ0v) is 12.3. The number of aliphatic hydroxyl groups excluding tert-OH is 1. The Kier molecular flexibility index (Phi) is 5.11. The molecule has 0 unspecified atom stereocenters. The first-order valence-electron chi connectivity index (χ1n) is 7.18. The number of aliphatic hydroxyl groups is 1. The van der Waals surface area contributed by atoms with E-state index in [0.717, 1.165) is 17.7 Å². The standard InChI is InChI=1S/C16H21N3O2/c1-3-11(2)15(10-20)17-16(21)14-9-13(18-19-14)12-7-5-4-6-8-12/h4-9,11,15,20H,3,10H2,1-2H3,(H,17,21)(H,18,19)/t11-,15+/m1/s1. The quantitative estimate of drug-likeness (QED) is 0.762.